The Kier molecular flexibility index (Phi) is 9.80. The molecule has 0 unspecified atom stereocenters. The lowest BCUT2D eigenvalue weighted by Gasteiger charge is -2.13. The maximum Gasteiger partial charge on any atom is 0.225 e. The molecule has 0 saturated carbocycles. The molecule has 0 radical (unpaired) electrons. The third-order valence-corrected chi connectivity index (χ3v) is 2.56. The predicted molar refractivity (Wildman–Crippen MR) is 83.0 cm³/mol. The van der Waals surface area contributed by atoms with Crippen molar-refractivity contribution in [3.05, 3.63) is 23.8 Å². The topological polar surface area (TPSA) is 59.6 Å². The Morgan fingerprint density at radius 3 is 2.70 bits per heavy atom. The molecular weight excluding hydrogens is 280 g/mol. The highest BCUT2D eigenvalue weighted by atomic mass is 35.5. The number of carbonyl (C=O) groups excluding carboxylic acids is 1. The molecular formula is C14H23ClN2O3. The van der Waals surface area contributed by atoms with Crippen molar-refractivity contribution in [1.29, 1.82) is 0 Å². The minimum absolute atomic E-state index is 0. The van der Waals surface area contributed by atoms with Gasteiger partial charge < -0.3 is 20.1 Å². The second-order valence-electron chi connectivity index (χ2n) is 4.24. The van der Waals surface area contributed by atoms with Gasteiger partial charge in [0.05, 0.1) is 12.3 Å². The largest absolute Gasteiger partial charge is 0.489 e. The zero-order chi connectivity index (χ0) is 14.1. The Hall–Kier alpha value is -1.30. The van der Waals surface area contributed by atoms with Crippen LogP contribution < -0.4 is 15.4 Å². The monoisotopic (exact) mass is 302 g/mol. The van der Waals surface area contributed by atoms with Gasteiger partial charge in [0, 0.05) is 20.1 Å². The molecule has 0 fully saturated rings. The minimum atomic E-state index is -0.0326. The fourth-order valence-electron chi connectivity index (χ4n) is 1.54. The molecule has 0 aromatic heterocycles. The summed E-state index contributed by atoms with van der Waals surface area (Å²) in [6.45, 7) is 3.60. The Labute approximate surface area is 126 Å². The highest BCUT2D eigenvalue weighted by Crippen LogP contribution is 2.25. The average Bonchev–Trinajstić information content (AvgIpc) is 2.39. The fourth-order valence-corrected chi connectivity index (χ4v) is 1.54. The SMILES string of the molecule is CNCCC(=O)Nc1ccc(C)cc1OCCOC.Cl. The molecule has 1 aromatic rings. The van der Waals surface area contributed by atoms with E-state index < -0.39 is 0 Å². The molecule has 0 aliphatic carbocycles. The number of carbonyl (C=O) groups is 1. The Bertz CT molecular complexity index is 413. The van der Waals surface area contributed by atoms with Gasteiger partial charge in [-0.2, -0.15) is 0 Å². The Morgan fingerprint density at radius 2 is 2.05 bits per heavy atom. The molecule has 0 spiro atoms. The molecule has 2 N–H and O–H groups in total. The number of hydrogen-bond donors (Lipinski definition) is 2. The van der Waals surface area contributed by atoms with Gasteiger partial charge in [0.25, 0.3) is 0 Å². The number of ether oxygens (including phenoxy) is 2. The minimum Gasteiger partial charge on any atom is -0.489 e. The van der Waals surface area contributed by atoms with Crippen LogP contribution in [0.3, 0.4) is 0 Å². The molecule has 1 aromatic carbocycles. The number of halogens is 1. The molecule has 0 saturated heterocycles. The maximum atomic E-state index is 11.7. The molecule has 0 heterocycles. The van der Waals surface area contributed by atoms with Gasteiger partial charge in [-0.3, -0.25) is 4.79 Å². The third-order valence-electron chi connectivity index (χ3n) is 2.56. The van der Waals surface area contributed by atoms with E-state index in [1.54, 1.807) is 7.11 Å². The summed E-state index contributed by atoms with van der Waals surface area (Å²) in [6.07, 6.45) is 0.432. The number of benzene rings is 1. The summed E-state index contributed by atoms with van der Waals surface area (Å²) in [4.78, 5) is 11.7. The van der Waals surface area contributed by atoms with Gasteiger partial charge in [0.15, 0.2) is 0 Å². The molecule has 20 heavy (non-hydrogen) atoms. The molecule has 0 bridgehead atoms. The summed E-state index contributed by atoms with van der Waals surface area (Å²) in [5.41, 5.74) is 1.78. The van der Waals surface area contributed by atoms with Crippen molar-refractivity contribution in [2.45, 2.75) is 13.3 Å². The Balaban J connectivity index is 0.00000361. The summed E-state index contributed by atoms with van der Waals surface area (Å²) in [5, 5.41) is 5.80. The average molecular weight is 303 g/mol. The molecule has 1 rings (SSSR count). The van der Waals surface area contributed by atoms with E-state index in [-0.39, 0.29) is 18.3 Å². The number of aryl methyl sites for hydroxylation is 1. The van der Waals surface area contributed by atoms with Crippen LogP contribution in [0.15, 0.2) is 18.2 Å². The van der Waals surface area contributed by atoms with Gasteiger partial charge >= 0.3 is 0 Å². The van der Waals surface area contributed by atoms with E-state index in [1.165, 1.54) is 0 Å². The second-order valence-corrected chi connectivity index (χ2v) is 4.24. The van der Waals surface area contributed by atoms with Crippen molar-refractivity contribution in [1.82, 2.24) is 5.32 Å². The summed E-state index contributed by atoms with van der Waals surface area (Å²) < 4.78 is 10.6. The zero-order valence-corrected chi connectivity index (χ0v) is 13.0. The Morgan fingerprint density at radius 1 is 1.30 bits per heavy atom. The van der Waals surface area contributed by atoms with Crippen molar-refractivity contribution in [3.63, 3.8) is 0 Å². The third kappa shape index (κ3) is 6.75. The summed E-state index contributed by atoms with van der Waals surface area (Å²) in [5.74, 6) is 0.643. The molecule has 0 aliphatic rings. The van der Waals surface area contributed by atoms with E-state index in [0.717, 1.165) is 5.56 Å². The smallest absolute Gasteiger partial charge is 0.225 e. The first kappa shape index (κ1) is 18.7. The lowest BCUT2D eigenvalue weighted by molar-refractivity contribution is -0.116. The van der Waals surface area contributed by atoms with Crippen LogP contribution in [0.2, 0.25) is 0 Å². The van der Waals surface area contributed by atoms with Gasteiger partial charge in [0.1, 0.15) is 12.4 Å². The van der Waals surface area contributed by atoms with Crippen LogP contribution in [0.1, 0.15) is 12.0 Å². The molecule has 0 atom stereocenters. The number of amides is 1. The van der Waals surface area contributed by atoms with Crippen LogP contribution in [-0.4, -0.2) is 39.8 Å². The van der Waals surface area contributed by atoms with Crippen molar-refractivity contribution in [2.24, 2.45) is 0 Å². The van der Waals surface area contributed by atoms with Crippen LogP contribution in [0, 0.1) is 6.92 Å². The normalized spacial score (nSPS) is 9.75. The highest BCUT2D eigenvalue weighted by Gasteiger charge is 2.08. The quantitative estimate of drug-likeness (QED) is 0.721. The predicted octanol–water partition coefficient (Wildman–Crippen LogP) is 1.99. The van der Waals surface area contributed by atoms with Crippen molar-refractivity contribution in [3.8, 4) is 5.75 Å². The van der Waals surface area contributed by atoms with Crippen molar-refractivity contribution >= 4 is 24.0 Å². The summed E-state index contributed by atoms with van der Waals surface area (Å²) >= 11 is 0. The number of nitrogens with one attached hydrogen (secondary N) is 2. The van der Waals surface area contributed by atoms with E-state index in [9.17, 15) is 4.79 Å². The van der Waals surface area contributed by atoms with Crippen molar-refractivity contribution < 1.29 is 14.3 Å². The van der Waals surface area contributed by atoms with Gasteiger partial charge in [-0.05, 0) is 31.7 Å². The number of rotatable bonds is 8. The van der Waals surface area contributed by atoms with E-state index in [1.807, 2.05) is 32.2 Å². The van der Waals surface area contributed by atoms with E-state index >= 15 is 0 Å². The van der Waals surface area contributed by atoms with Crippen molar-refractivity contribution in [2.75, 3.05) is 39.2 Å². The fraction of sp³-hybridized carbons (Fsp3) is 0.500. The lowest BCUT2D eigenvalue weighted by atomic mass is 10.2. The van der Waals surface area contributed by atoms with Gasteiger partial charge in [-0.15, -0.1) is 12.4 Å². The first-order valence-corrected chi connectivity index (χ1v) is 6.34. The van der Waals surface area contributed by atoms with Gasteiger partial charge in [-0.1, -0.05) is 6.07 Å². The zero-order valence-electron chi connectivity index (χ0n) is 12.2. The first-order chi connectivity index (χ1) is 9.17. The summed E-state index contributed by atoms with van der Waals surface area (Å²) in [6, 6.07) is 5.70. The van der Waals surface area contributed by atoms with E-state index in [4.69, 9.17) is 9.47 Å². The lowest BCUT2D eigenvalue weighted by Crippen LogP contribution is -2.19. The molecule has 0 aliphatic heterocycles. The first-order valence-electron chi connectivity index (χ1n) is 6.34. The standard InChI is InChI=1S/C14H22N2O3.ClH/c1-11-4-5-12(16-14(17)6-7-15-2)13(10-11)19-9-8-18-3;/h4-5,10,15H,6-9H2,1-3H3,(H,16,17);1H. The van der Waals surface area contributed by atoms with Crippen LogP contribution in [0.25, 0.3) is 0 Å². The molecule has 5 nitrogen and oxygen atoms in total. The van der Waals surface area contributed by atoms with Crippen LogP contribution >= 0.6 is 12.4 Å². The van der Waals surface area contributed by atoms with Gasteiger partial charge in [-0.25, -0.2) is 0 Å². The second kappa shape index (κ2) is 10.5. The van der Waals surface area contributed by atoms with E-state index in [2.05, 4.69) is 10.6 Å². The van der Waals surface area contributed by atoms with Crippen LogP contribution in [-0.2, 0) is 9.53 Å². The molecule has 6 heteroatoms. The number of methoxy groups -OCH3 is 1. The molecule has 114 valence electrons. The highest BCUT2D eigenvalue weighted by molar-refractivity contribution is 5.92. The number of anilines is 1. The van der Waals surface area contributed by atoms with Crippen LogP contribution in [0.4, 0.5) is 5.69 Å². The van der Waals surface area contributed by atoms with E-state index in [0.29, 0.717) is 37.6 Å². The van der Waals surface area contributed by atoms with Gasteiger partial charge in [0.2, 0.25) is 5.91 Å². The molecule has 1 amide bonds. The number of hydrogen-bond acceptors (Lipinski definition) is 4. The maximum absolute atomic E-state index is 11.7. The van der Waals surface area contributed by atoms with Crippen LogP contribution in [0.5, 0.6) is 5.75 Å². The summed E-state index contributed by atoms with van der Waals surface area (Å²) in [7, 11) is 3.44.